The van der Waals surface area contributed by atoms with Crippen molar-refractivity contribution in [2.45, 2.75) is 60.7 Å². The van der Waals surface area contributed by atoms with Crippen LogP contribution in [-0.4, -0.2) is 51.7 Å². The third-order valence-electron chi connectivity index (χ3n) is 6.13. The maximum absolute atomic E-state index is 14.7. The van der Waals surface area contributed by atoms with Crippen LogP contribution in [0.25, 0.3) is 0 Å². The van der Waals surface area contributed by atoms with Crippen molar-refractivity contribution in [3.63, 3.8) is 0 Å². The molecule has 0 spiro atoms. The summed E-state index contributed by atoms with van der Waals surface area (Å²) in [5, 5.41) is 0. The molecule has 2 fully saturated rings. The number of nitrogens with one attached hydrogen (secondary N) is 1. The van der Waals surface area contributed by atoms with Gasteiger partial charge in [0.05, 0.1) is 0 Å². The van der Waals surface area contributed by atoms with Gasteiger partial charge in [-0.2, -0.15) is 13.2 Å². The molecule has 0 bridgehead atoms. The van der Waals surface area contributed by atoms with E-state index in [1.54, 1.807) is 0 Å². The molecule has 2 aliphatic rings. The van der Waals surface area contributed by atoms with Gasteiger partial charge in [-0.05, 0) is 43.9 Å². The quantitative estimate of drug-likeness (QED) is 0.595. The zero-order chi connectivity index (χ0) is 24.9. The fourth-order valence-electron chi connectivity index (χ4n) is 4.30. The first-order chi connectivity index (χ1) is 15.0. The Morgan fingerprint density at radius 2 is 1.48 bits per heavy atom. The standard InChI is InChI=1S/C18H21F7N2O4S2/c19-12-1-2-15(20)14(11-12)16(33(30,31)27-9-7-17(21,22)8-10-27)5-3-13(4-6-16)26-32(28,29)18(23,24)25/h1-2,11,13,26H,3-10H2. The largest absolute Gasteiger partial charge is 0.511 e. The first-order valence-corrected chi connectivity index (χ1v) is 12.8. The molecule has 0 atom stereocenters. The number of alkyl halides is 5. The van der Waals surface area contributed by atoms with Crippen LogP contribution in [0.15, 0.2) is 18.2 Å². The number of hydrogen-bond acceptors (Lipinski definition) is 4. The molecule has 0 aromatic heterocycles. The van der Waals surface area contributed by atoms with Crippen molar-refractivity contribution in [2.75, 3.05) is 13.1 Å². The molecular weight excluding hydrogens is 505 g/mol. The molecule has 188 valence electrons. The fourth-order valence-corrected chi connectivity index (χ4v) is 7.45. The van der Waals surface area contributed by atoms with Crippen molar-refractivity contribution < 1.29 is 47.6 Å². The third-order valence-corrected chi connectivity index (χ3v) is 10.0. The van der Waals surface area contributed by atoms with Gasteiger partial charge >= 0.3 is 15.5 Å². The minimum atomic E-state index is -5.71. The molecule has 1 heterocycles. The second-order valence-electron chi connectivity index (χ2n) is 8.22. The van der Waals surface area contributed by atoms with Crippen LogP contribution in [0.1, 0.15) is 44.1 Å². The molecule has 1 aliphatic carbocycles. The first-order valence-electron chi connectivity index (χ1n) is 9.92. The molecule has 1 saturated heterocycles. The number of piperidine rings is 1. The van der Waals surface area contributed by atoms with E-state index in [1.807, 2.05) is 0 Å². The maximum Gasteiger partial charge on any atom is 0.511 e. The highest BCUT2D eigenvalue weighted by atomic mass is 32.2. The molecule has 0 radical (unpaired) electrons. The van der Waals surface area contributed by atoms with Crippen LogP contribution in [0, 0.1) is 11.6 Å². The highest BCUT2D eigenvalue weighted by molar-refractivity contribution is 7.90. The van der Waals surface area contributed by atoms with Crippen LogP contribution in [-0.2, 0) is 24.8 Å². The van der Waals surface area contributed by atoms with E-state index < -0.39 is 111 Å². The molecule has 1 saturated carbocycles. The molecule has 1 aliphatic heterocycles. The van der Waals surface area contributed by atoms with E-state index in [0.717, 1.165) is 10.4 Å². The van der Waals surface area contributed by atoms with Crippen LogP contribution in [0.3, 0.4) is 0 Å². The number of rotatable bonds is 5. The topological polar surface area (TPSA) is 83.5 Å². The summed E-state index contributed by atoms with van der Waals surface area (Å²) < 4.78 is 144. The van der Waals surface area contributed by atoms with Crippen molar-refractivity contribution in [1.29, 1.82) is 0 Å². The summed E-state index contributed by atoms with van der Waals surface area (Å²) in [5.41, 5.74) is -6.15. The van der Waals surface area contributed by atoms with E-state index in [0.29, 0.717) is 12.1 Å². The van der Waals surface area contributed by atoms with Gasteiger partial charge in [0.15, 0.2) is 0 Å². The van der Waals surface area contributed by atoms with Gasteiger partial charge in [-0.3, -0.25) is 0 Å². The van der Waals surface area contributed by atoms with E-state index >= 15 is 0 Å². The monoisotopic (exact) mass is 526 g/mol. The smallest absolute Gasteiger partial charge is 0.211 e. The summed E-state index contributed by atoms with van der Waals surface area (Å²) in [5.74, 6) is -5.14. The lowest BCUT2D eigenvalue weighted by Crippen LogP contribution is -2.54. The Morgan fingerprint density at radius 3 is 2.00 bits per heavy atom. The van der Waals surface area contributed by atoms with Crippen molar-refractivity contribution >= 4 is 20.0 Å². The Labute approximate surface area is 186 Å². The maximum atomic E-state index is 14.7. The summed E-state index contributed by atoms with van der Waals surface area (Å²) in [6.45, 7) is -1.14. The van der Waals surface area contributed by atoms with Crippen LogP contribution in [0.4, 0.5) is 30.7 Å². The second kappa shape index (κ2) is 8.64. The average Bonchev–Trinajstić information content (AvgIpc) is 2.69. The van der Waals surface area contributed by atoms with Gasteiger partial charge in [0.1, 0.15) is 16.4 Å². The van der Waals surface area contributed by atoms with Gasteiger partial charge in [0.25, 0.3) is 5.92 Å². The molecule has 0 amide bonds. The van der Waals surface area contributed by atoms with E-state index in [2.05, 4.69) is 0 Å². The van der Waals surface area contributed by atoms with Crippen LogP contribution in [0.5, 0.6) is 0 Å². The third kappa shape index (κ3) is 5.00. The van der Waals surface area contributed by atoms with E-state index in [9.17, 15) is 47.6 Å². The highest BCUT2D eigenvalue weighted by Crippen LogP contribution is 2.48. The molecule has 6 nitrogen and oxygen atoms in total. The molecule has 33 heavy (non-hydrogen) atoms. The molecule has 15 heteroatoms. The first kappa shape index (κ1) is 26.2. The highest BCUT2D eigenvalue weighted by Gasteiger charge is 2.55. The molecule has 1 aromatic carbocycles. The summed E-state index contributed by atoms with van der Waals surface area (Å²) in [7, 11) is -10.3. The zero-order valence-corrected chi connectivity index (χ0v) is 18.6. The molecule has 3 rings (SSSR count). The molecule has 1 N–H and O–H groups in total. The van der Waals surface area contributed by atoms with Gasteiger partial charge < -0.3 is 0 Å². The zero-order valence-electron chi connectivity index (χ0n) is 17.0. The van der Waals surface area contributed by atoms with Gasteiger partial charge in [0.2, 0.25) is 10.0 Å². The van der Waals surface area contributed by atoms with E-state index in [4.69, 9.17) is 0 Å². The normalized spacial score (nSPS) is 27.4. The Morgan fingerprint density at radius 1 is 0.939 bits per heavy atom. The van der Waals surface area contributed by atoms with E-state index in [1.165, 1.54) is 4.72 Å². The van der Waals surface area contributed by atoms with Crippen LogP contribution < -0.4 is 4.72 Å². The minimum absolute atomic E-state index is 0.436. The Kier molecular flexibility index (Phi) is 6.85. The molecular formula is C18H21F7N2O4S2. The van der Waals surface area contributed by atoms with Crippen molar-refractivity contribution in [3.05, 3.63) is 35.4 Å². The average molecular weight is 526 g/mol. The summed E-state index contributed by atoms with van der Waals surface area (Å²) >= 11 is 0. The van der Waals surface area contributed by atoms with Crippen LogP contribution >= 0.6 is 0 Å². The predicted octanol–water partition coefficient (Wildman–Crippen LogP) is 3.60. The van der Waals surface area contributed by atoms with Gasteiger partial charge in [0, 0.05) is 37.5 Å². The summed E-state index contributed by atoms with van der Waals surface area (Å²) in [6.07, 6.45) is -3.52. The van der Waals surface area contributed by atoms with Crippen molar-refractivity contribution in [1.82, 2.24) is 9.03 Å². The molecule has 0 unspecified atom stereocenters. The Balaban J connectivity index is 1.97. The number of sulfonamides is 2. The lowest BCUT2D eigenvalue weighted by Gasteiger charge is -2.44. The number of halogens is 7. The fraction of sp³-hybridized carbons (Fsp3) is 0.667. The van der Waals surface area contributed by atoms with Crippen molar-refractivity contribution in [2.24, 2.45) is 0 Å². The second-order valence-corrected chi connectivity index (χ2v) is 12.2. The van der Waals surface area contributed by atoms with Crippen molar-refractivity contribution in [3.8, 4) is 0 Å². The predicted molar refractivity (Wildman–Crippen MR) is 103 cm³/mol. The number of benzene rings is 1. The Bertz CT molecular complexity index is 1090. The SMILES string of the molecule is O=S(=O)(NC1CCC(c2cc(F)ccc2F)(S(=O)(=O)N2CCC(F)(F)CC2)CC1)C(F)(F)F. The minimum Gasteiger partial charge on any atom is -0.211 e. The van der Waals surface area contributed by atoms with Gasteiger partial charge in [-0.15, -0.1) is 0 Å². The lowest BCUT2D eigenvalue weighted by atomic mass is 9.81. The number of hydrogen-bond donors (Lipinski definition) is 1. The number of nitrogens with zero attached hydrogens (tertiary/aromatic N) is 1. The Hall–Kier alpha value is -1.45. The van der Waals surface area contributed by atoms with Gasteiger partial charge in [-0.25, -0.2) is 43.4 Å². The van der Waals surface area contributed by atoms with Crippen LogP contribution in [0.2, 0.25) is 0 Å². The van der Waals surface area contributed by atoms with E-state index in [-0.39, 0.29) is 0 Å². The summed E-state index contributed by atoms with van der Waals surface area (Å²) in [4.78, 5) is 0. The molecule has 1 aromatic rings. The lowest BCUT2D eigenvalue weighted by molar-refractivity contribution is -0.0455. The van der Waals surface area contributed by atoms with Gasteiger partial charge in [-0.1, -0.05) is 0 Å². The summed E-state index contributed by atoms with van der Waals surface area (Å²) in [6, 6.07) is 0.808.